The Kier molecular flexibility index (Phi) is 5.53. The molecule has 1 amide bonds. The molecule has 5 heteroatoms. The molecule has 0 aliphatic rings. The quantitative estimate of drug-likeness (QED) is 0.812. The number of halogens is 1. The number of nitrogens with two attached hydrogens (primary N) is 1. The van der Waals surface area contributed by atoms with Gasteiger partial charge in [0.05, 0.1) is 16.6 Å². The van der Waals surface area contributed by atoms with E-state index in [1.165, 1.54) is 5.56 Å². The van der Waals surface area contributed by atoms with Gasteiger partial charge in [-0.05, 0) is 30.7 Å². The normalized spacial score (nSPS) is 11.9. The second-order valence-corrected chi connectivity index (χ2v) is 6.43. The lowest BCUT2D eigenvalue weighted by atomic mass is 10.2. The highest BCUT2D eigenvalue weighted by atomic mass is 35.5. The minimum atomic E-state index is -0.166. The topological polar surface area (TPSA) is 55.1 Å². The number of hydrogen-bond acceptors (Lipinski definition) is 3. The summed E-state index contributed by atoms with van der Waals surface area (Å²) in [5.41, 5.74) is 8.09. The molecule has 3 N–H and O–H groups in total. The van der Waals surface area contributed by atoms with E-state index in [9.17, 15) is 4.79 Å². The fourth-order valence-corrected chi connectivity index (χ4v) is 2.78. The van der Waals surface area contributed by atoms with E-state index in [1.54, 1.807) is 30.0 Å². The average Bonchev–Trinajstić information content (AvgIpc) is 2.48. The van der Waals surface area contributed by atoms with E-state index in [-0.39, 0.29) is 11.2 Å². The fourth-order valence-electron chi connectivity index (χ4n) is 1.75. The first kappa shape index (κ1) is 15.7. The zero-order valence-corrected chi connectivity index (χ0v) is 13.2. The van der Waals surface area contributed by atoms with Crippen molar-refractivity contribution < 1.29 is 4.79 Å². The number of benzene rings is 2. The van der Waals surface area contributed by atoms with Crippen LogP contribution in [-0.4, -0.2) is 11.2 Å². The minimum Gasteiger partial charge on any atom is -0.397 e. The maximum absolute atomic E-state index is 12.2. The van der Waals surface area contributed by atoms with E-state index in [2.05, 4.69) is 17.4 Å². The third-order valence-electron chi connectivity index (χ3n) is 2.98. The average molecular weight is 321 g/mol. The van der Waals surface area contributed by atoms with E-state index < -0.39 is 0 Å². The predicted molar refractivity (Wildman–Crippen MR) is 91.7 cm³/mol. The Balaban J connectivity index is 1.90. The maximum atomic E-state index is 12.2. The van der Waals surface area contributed by atoms with Crippen molar-refractivity contribution >= 4 is 40.6 Å². The van der Waals surface area contributed by atoms with Crippen molar-refractivity contribution in [3.05, 3.63) is 59.1 Å². The Hall–Kier alpha value is -1.65. The maximum Gasteiger partial charge on any atom is 0.237 e. The lowest BCUT2D eigenvalue weighted by Crippen LogP contribution is -2.23. The molecule has 0 fully saturated rings. The second kappa shape index (κ2) is 7.38. The molecule has 0 bridgehead atoms. The molecule has 0 saturated heterocycles. The molecule has 1 atom stereocenters. The van der Waals surface area contributed by atoms with Gasteiger partial charge in [0.1, 0.15) is 0 Å². The standard InChI is InChI=1S/C16H17ClN2OS/c1-11(21-10-12-5-3-2-4-6-12)16(20)19-15-8-7-13(17)9-14(15)18/h2-9,11H,10,18H2,1H3,(H,19,20). The van der Waals surface area contributed by atoms with E-state index in [1.807, 2.05) is 25.1 Å². The first-order valence-corrected chi connectivity index (χ1v) is 8.00. The van der Waals surface area contributed by atoms with Gasteiger partial charge >= 0.3 is 0 Å². The van der Waals surface area contributed by atoms with Crippen LogP contribution in [0.5, 0.6) is 0 Å². The molecule has 0 radical (unpaired) electrons. The summed E-state index contributed by atoms with van der Waals surface area (Å²) in [5.74, 6) is 0.732. The number of hydrogen-bond donors (Lipinski definition) is 2. The molecular formula is C16H17ClN2OS. The second-order valence-electron chi connectivity index (χ2n) is 4.66. The summed E-state index contributed by atoms with van der Waals surface area (Å²) in [7, 11) is 0. The number of anilines is 2. The highest BCUT2D eigenvalue weighted by Gasteiger charge is 2.14. The Morgan fingerprint density at radius 3 is 2.67 bits per heavy atom. The van der Waals surface area contributed by atoms with Crippen molar-refractivity contribution in [3.8, 4) is 0 Å². The van der Waals surface area contributed by atoms with Crippen LogP contribution in [0.15, 0.2) is 48.5 Å². The van der Waals surface area contributed by atoms with Gasteiger partial charge in [-0.25, -0.2) is 0 Å². The number of carbonyl (C=O) groups excluding carboxylic acids is 1. The molecule has 2 rings (SSSR count). The van der Waals surface area contributed by atoms with Gasteiger partial charge in [-0.3, -0.25) is 4.79 Å². The van der Waals surface area contributed by atoms with Gasteiger partial charge in [0.2, 0.25) is 5.91 Å². The van der Waals surface area contributed by atoms with Crippen molar-refractivity contribution in [2.45, 2.75) is 17.9 Å². The van der Waals surface area contributed by atoms with Crippen molar-refractivity contribution in [1.29, 1.82) is 0 Å². The Labute approximate surface area is 133 Å². The summed E-state index contributed by atoms with van der Waals surface area (Å²) in [6, 6.07) is 15.1. The van der Waals surface area contributed by atoms with Crippen LogP contribution in [0, 0.1) is 0 Å². The number of nitrogens with one attached hydrogen (secondary N) is 1. The van der Waals surface area contributed by atoms with Crippen LogP contribution in [0.2, 0.25) is 5.02 Å². The van der Waals surface area contributed by atoms with Crippen LogP contribution in [0.1, 0.15) is 12.5 Å². The number of thioether (sulfide) groups is 1. The molecule has 2 aromatic carbocycles. The summed E-state index contributed by atoms with van der Waals surface area (Å²) in [4.78, 5) is 12.2. The molecule has 0 aliphatic heterocycles. The van der Waals surface area contributed by atoms with Crippen LogP contribution in [0.25, 0.3) is 0 Å². The van der Waals surface area contributed by atoms with Crippen LogP contribution in [0.4, 0.5) is 11.4 Å². The molecule has 1 unspecified atom stereocenters. The van der Waals surface area contributed by atoms with Gasteiger partial charge in [-0.15, -0.1) is 11.8 Å². The molecule has 3 nitrogen and oxygen atoms in total. The molecular weight excluding hydrogens is 304 g/mol. The van der Waals surface area contributed by atoms with E-state index in [0.29, 0.717) is 16.4 Å². The summed E-state index contributed by atoms with van der Waals surface area (Å²) < 4.78 is 0. The summed E-state index contributed by atoms with van der Waals surface area (Å²) in [6.45, 7) is 1.88. The number of amides is 1. The van der Waals surface area contributed by atoms with E-state index >= 15 is 0 Å². The summed E-state index contributed by atoms with van der Waals surface area (Å²) in [6.07, 6.45) is 0. The van der Waals surface area contributed by atoms with Gasteiger partial charge in [-0.2, -0.15) is 0 Å². The predicted octanol–water partition coefficient (Wildman–Crippen LogP) is 4.18. The zero-order valence-electron chi connectivity index (χ0n) is 11.7. The van der Waals surface area contributed by atoms with Crippen LogP contribution < -0.4 is 11.1 Å². The van der Waals surface area contributed by atoms with Crippen molar-refractivity contribution in [3.63, 3.8) is 0 Å². The number of nitrogen functional groups attached to an aromatic ring is 1. The lowest BCUT2D eigenvalue weighted by molar-refractivity contribution is -0.115. The van der Waals surface area contributed by atoms with E-state index in [4.69, 9.17) is 17.3 Å². The molecule has 0 aliphatic carbocycles. The fraction of sp³-hybridized carbons (Fsp3) is 0.188. The molecule has 110 valence electrons. The Bertz CT molecular complexity index is 619. The third kappa shape index (κ3) is 4.69. The summed E-state index contributed by atoms with van der Waals surface area (Å²) >= 11 is 7.42. The van der Waals surface area contributed by atoms with E-state index in [0.717, 1.165) is 5.75 Å². The minimum absolute atomic E-state index is 0.0649. The highest BCUT2D eigenvalue weighted by molar-refractivity contribution is 7.99. The molecule has 0 aromatic heterocycles. The molecule has 2 aromatic rings. The number of carbonyl (C=O) groups is 1. The van der Waals surface area contributed by atoms with Crippen molar-refractivity contribution in [2.24, 2.45) is 0 Å². The highest BCUT2D eigenvalue weighted by Crippen LogP contribution is 2.24. The van der Waals surface area contributed by atoms with Gasteiger partial charge in [0, 0.05) is 10.8 Å². The first-order chi connectivity index (χ1) is 10.1. The van der Waals surface area contributed by atoms with Gasteiger partial charge in [-0.1, -0.05) is 41.9 Å². The largest absolute Gasteiger partial charge is 0.397 e. The van der Waals surface area contributed by atoms with Crippen molar-refractivity contribution in [2.75, 3.05) is 11.1 Å². The third-order valence-corrected chi connectivity index (χ3v) is 4.43. The summed E-state index contributed by atoms with van der Waals surface area (Å²) in [5, 5.41) is 3.22. The number of rotatable bonds is 5. The molecule has 0 spiro atoms. The van der Waals surface area contributed by atoms with Gasteiger partial charge in [0.25, 0.3) is 0 Å². The molecule has 0 saturated carbocycles. The zero-order chi connectivity index (χ0) is 15.2. The van der Waals surface area contributed by atoms with Crippen LogP contribution >= 0.6 is 23.4 Å². The van der Waals surface area contributed by atoms with Crippen LogP contribution in [-0.2, 0) is 10.5 Å². The Morgan fingerprint density at radius 2 is 2.00 bits per heavy atom. The molecule has 21 heavy (non-hydrogen) atoms. The monoisotopic (exact) mass is 320 g/mol. The van der Waals surface area contributed by atoms with Gasteiger partial charge < -0.3 is 11.1 Å². The Morgan fingerprint density at radius 1 is 1.29 bits per heavy atom. The SMILES string of the molecule is CC(SCc1ccccc1)C(=O)Nc1ccc(Cl)cc1N. The van der Waals surface area contributed by atoms with Gasteiger partial charge in [0.15, 0.2) is 0 Å². The van der Waals surface area contributed by atoms with Crippen molar-refractivity contribution in [1.82, 2.24) is 0 Å². The smallest absolute Gasteiger partial charge is 0.237 e. The first-order valence-electron chi connectivity index (χ1n) is 6.57. The molecule has 0 heterocycles. The lowest BCUT2D eigenvalue weighted by Gasteiger charge is -2.13. The van der Waals surface area contributed by atoms with Crippen LogP contribution in [0.3, 0.4) is 0 Å².